The molecule has 1 rings (SSSR count). The third-order valence-corrected chi connectivity index (χ3v) is 3.40. The highest BCUT2D eigenvalue weighted by molar-refractivity contribution is 5.24. The van der Waals surface area contributed by atoms with Gasteiger partial charge in [0.1, 0.15) is 0 Å². The van der Waals surface area contributed by atoms with Crippen LogP contribution in [0, 0.1) is 16.7 Å². The molecule has 1 aliphatic carbocycles. The smallest absolute Gasteiger partial charge is 0.0761 e. The van der Waals surface area contributed by atoms with Gasteiger partial charge in [-0.1, -0.05) is 65.3 Å². The number of aliphatic hydroxyl groups is 1. The Balaban J connectivity index is 2.92. The highest BCUT2D eigenvalue weighted by Crippen LogP contribution is 2.42. The van der Waals surface area contributed by atoms with Crippen LogP contribution in [0.5, 0.6) is 0 Å². The lowest BCUT2D eigenvalue weighted by molar-refractivity contribution is 0.170. The zero-order valence-corrected chi connectivity index (χ0v) is 12.2. The molecule has 0 bridgehead atoms. The Labute approximate surface area is 107 Å². The second-order valence-corrected chi connectivity index (χ2v) is 7.58. The molecule has 0 aromatic heterocycles. The van der Waals surface area contributed by atoms with Gasteiger partial charge in [-0.05, 0) is 29.6 Å². The minimum atomic E-state index is -0.292. The van der Waals surface area contributed by atoms with Crippen LogP contribution in [0.4, 0.5) is 0 Å². The number of aliphatic hydroxyl groups excluding tert-OH is 1. The van der Waals surface area contributed by atoms with Gasteiger partial charge in [0.25, 0.3) is 0 Å². The molecule has 0 radical (unpaired) electrons. The monoisotopic (exact) mass is 236 g/mol. The summed E-state index contributed by atoms with van der Waals surface area (Å²) in [7, 11) is 0. The quantitative estimate of drug-likeness (QED) is 0.756. The fraction of sp³-hybridized carbons (Fsp3) is 0.750. The van der Waals surface area contributed by atoms with E-state index in [-0.39, 0.29) is 11.5 Å². The van der Waals surface area contributed by atoms with Crippen molar-refractivity contribution in [3.8, 4) is 0 Å². The molecule has 0 spiro atoms. The molecule has 0 aliphatic heterocycles. The average Bonchev–Trinajstić information content (AvgIpc) is 2.11. The Morgan fingerprint density at radius 1 is 1.24 bits per heavy atom. The lowest BCUT2D eigenvalue weighted by atomic mass is 9.67. The molecule has 0 saturated carbocycles. The summed E-state index contributed by atoms with van der Waals surface area (Å²) in [4.78, 5) is 0. The van der Waals surface area contributed by atoms with Crippen LogP contribution in [0.25, 0.3) is 0 Å². The van der Waals surface area contributed by atoms with Crippen molar-refractivity contribution in [1.82, 2.24) is 0 Å². The maximum Gasteiger partial charge on any atom is 0.0761 e. The lowest BCUT2D eigenvalue weighted by Gasteiger charge is -2.38. The van der Waals surface area contributed by atoms with Crippen LogP contribution in [-0.4, -0.2) is 11.2 Å². The predicted octanol–water partition coefficient (Wildman–Crippen LogP) is 4.33. The Bertz CT molecular complexity index is 309. The van der Waals surface area contributed by atoms with Gasteiger partial charge < -0.3 is 5.11 Å². The van der Waals surface area contributed by atoms with Crippen LogP contribution in [0.3, 0.4) is 0 Å². The molecule has 1 nitrogen and oxygen atoms in total. The summed E-state index contributed by atoms with van der Waals surface area (Å²) < 4.78 is 0. The maximum atomic E-state index is 9.76. The van der Waals surface area contributed by atoms with Crippen molar-refractivity contribution in [3.05, 3.63) is 23.8 Å². The third-order valence-electron chi connectivity index (χ3n) is 3.40. The minimum absolute atomic E-state index is 0.254. The van der Waals surface area contributed by atoms with Gasteiger partial charge in [0.05, 0.1) is 6.10 Å². The second kappa shape index (κ2) is 4.97. The number of allylic oxidation sites excluding steroid dienone is 2. The number of rotatable bonds is 2. The molecule has 2 atom stereocenters. The van der Waals surface area contributed by atoms with Gasteiger partial charge in [-0.15, -0.1) is 0 Å². The zero-order chi connectivity index (χ0) is 13.3. The number of hydrogen-bond acceptors (Lipinski definition) is 1. The fourth-order valence-electron chi connectivity index (χ4n) is 2.55. The van der Waals surface area contributed by atoms with Crippen LogP contribution in [-0.2, 0) is 0 Å². The first-order valence-corrected chi connectivity index (χ1v) is 6.65. The summed E-state index contributed by atoms with van der Waals surface area (Å²) in [6, 6.07) is 0. The summed E-state index contributed by atoms with van der Waals surface area (Å²) >= 11 is 0. The van der Waals surface area contributed by atoms with E-state index in [0.717, 1.165) is 6.42 Å². The molecule has 98 valence electrons. The molecule has 1 N–H and O–H groups in total. The van der Waals surface area contributed by atoms with Crippen molar-refractivity contribution in [2.45, 2.75) is 60.5 Å². The third kappa shape index (κ3) is 4.67. The molecule has 0 aromatic rings. The van der Waals surface area contributed by atoms with E-state index in [1.165, 1.54) is 12.0 Å². The van der Waals surface area contributed by atoms with Gasteiger partial charge in [0.15, 0.2) is 0 Å². The average molecular weight is 236 g/mol. The largest absolute Gasteiger partial charge is 0.389 e. The van der Waals surface area contributed by atoms with Crippen molar-refractivity contribution in [1.29, 1.82) is 0 Å². The van der Waals surface area contributed by atoms with Crippen molar-refractivity contribution < 1.29 is 5.11 Å². The molecule has 0 aromatic carbocycles. The van der Waals surface area contributed by atoms with E-state index < -0.39 is 0 Å². The first kappa shape index (κ1) is 14.5. The molecule has 1 heteroatoms. The first-order valence-electron chi connectivity index (χ1n) is 6.65. The molecular formula is C16H28O. The van der Waals surface area contributed by atoms with Gasteiger partial charge in [-0.2, -0.15) is 0 Å². The van der Waals surface area contributed by atoms with Gasteiger partial charge in [-0.25, -0.2) is 0 Å². The van der Waals surface area contributed by atoms with E-state index in [1.807, 2.05) is 12.2 Å². The van der Waals surface area contributed by atoms with E-state index in [9.17, 15) is 5.11 Å². The van der Waals surface area contributed by atoms with Gasteiger partial charge in [0.2, 0.25) is 0 Å². The highest BCUT2D eigenvalue weighted by Gasteiger charge is 2.32. The standard InChI is InChI=1S/C16H28O/c1-15(2,3)11-14(16(4,5)6)12-8-7-9-13(17)10-12/h7-9,13-14,17H,10-11H2,1-6H3. The molecule has 0 heterocycles. The summed E-state index contributed by atoms with van der Waals surface area (Å²) in [5.41, 5.74) is 1.98. The molecule has 0 fully saturated rings. The Kier molecular flexibility index (Phi) is 4.24. The lowest BCUT2D eigenvalue weighted by Crippen LogP contribution is -2.29. The summed E-state index contributed by atoms with van der Waals surface area (Å²) in [5, 5.41) is 9.76. The first-order chi connectivity index (χ1) is 7.59. The highest BCUT2D eigenvalue weighted by atomic mass is 16.3. The van der Waals surface area contributed by atoms with E-state index in [2.05, 4.69) is 47.6 Å². The molecule has 2 unspecified atom stereocenters. The van der Waals surface area contributed by atoms with Crippen molar-refractivity contribution in [3.63, 3.8) is 0 Å². The van der Waals surface area contributed by atoms with Gasteiger partial charge >= 0.3 is 0 Å². The topological polar surface area (TPSA) is 20.2 Å². The SMILES string of the molecule is CC(C)(C)CC(C1=CC=CC(O)C1)C(C)(C)C. The normalized spacial score (nSPS) is 23.5. The van der Waals surface area contributed by atoms with Crippen LogP contribution >= 0.6 is 0 Å². The number of hydrogen-bond donors (Lipinski definition) is 1. The van der Waals surface area contributed by atoms with Crippen molar-refractivity contribution in [2.75, 3.05) is 0 Å². The van der Waals surface area contributed by atoms with Gasteiger partial charge in [-0.3, -0.25) is 0 Å². The maximum absolute atomic E-state index is 9.76. The molecular weight excluding hydrogens is 208 g/mol. The molecule has 0 amide bonds. The second-order valence-electron chi connectivity index (χ2n) is 7.58. The summed E-state index contributed by atoms with van der Waals surface area (Å²) in [6.07, 6.45) is 7.76. The van der Waals surface area contributed by atoms with E-state index in [1.54, 1.807) is 0 Å². The van der Waals surface area contributed by atoms with Crippen molar-refractivity contribution >= 4 is 0 Å². The minimum Gasteiger partial charge on any atom is -0.389 e. The van der Waals surface area contributed by atoms with Gasteiger partial charge in [0, 0.05) is 0 Å². The molecule has 17 heavy (non-hydrogen) atoms. The summed E-state index contributed by atoms with van der Waals surface area (Å²) in [5.74, 6) is 0.544. The van der Waals surface area contributed by atoms with Crippen LogP contribution < -0.4 is 0 Å². The molecule has 1 aliphatic rings. The van der Waals surface area contributed by atoms with E-state index in [4.69, 9.17) is 0 Å². The Hall–Kier alpha value is -0.560. The summed E-state index contributed by atoms with van der Waals surface area (Å²) in [6.45, 7) is 13.8. The van der Waals surface area contributed by atoms with E-state index >= 15 is 0 Å². The van der Waals surface area contributed by atoms with Crippen LogP contribution in [0.15, 0.2) is 23.8 Å². The predicted molar refractivity (Wildman–Crippen MR) is 74.9 cm³/mol. The Morgan fingerprint density at radius 3 is 2.24 bits per heavy atom. The van der Waals surface area contributed by atoms with Crippen LogP contribution in [0.2, 0.25) is 0 Å². The Morgan fingerprint density at radius 2 is 1.82 bits per heavy atom. The van der Waals surface area contributed by atoms with E-state index in [0.29, 0.717) is 11.3 Å². The fourth-order valence-corrected chi connectivity index (χ4v) is 2.55. The zero-order valence-electron chi connectivity index (χ0n) is 12.2. The molecule has 0 saturated heterocycles. The van der Waals surface area contributed by atoms with Crippen molar-refractivity contribution in [2.24, 2.45) is 16.7 Å². The van der Waals surface area contributed by atoms with Crippen LogP contribution in [0.1, 0.15) is 54.4 Å².